The van der Waals surface area contributed by atoms with Crippen LogP contribution in [0.25, 0.3) is 0 Å². The third-order valence-electron chi connectivity index (χ3n) is 0. The molecule has 0 atom stereocenters. The van der Waals surface area contributed by atoms with Gasteiger partial charge in [-0.3, -0.25) is 4.21 Å². The van der Waals surface area contributed by atoms with E-state index in [4.69, 9.17) is 15.1 Å². The summed E-state index contributed by atoms with van der Waals surface area (Å²) >= 11 is 0. The van der Waals surface area contributed by atoms with Crippen molar-refractivity contribution < 1.29 is 19.3 Å². The van der Waals surface area contributed by atoms with Crippen LogP contribution in [0.5, 0.6) is 0 Å². The van der Waals surface area contributed by atoms with E-state index < -0.39 is 18.1 Å². The van der Waals surface area contributed by atoms with Gasteiger partial charge in [-0.1, -0.05) is 0 Å². The third-order valence-corrected chi connectivity index (χ3v) is 0. The molecule has 0 aliphatic rings. The first-order chi connectivity index (χ1) is 3.46. The molecule has 0 aliphatic heterocycles. The van der Waals surface area contributed by atoms with Gasteiger partial charge in [0.1, 0.15) is 0 Å². The molecule has 50 valence electrons. The molecule has 0 fully saturated rings. The van der Waals surface area contributed by atoms with Gasteiger partial charge in [0, 0.05) is 23.3 Å². The first-order valence-corrected chi connectivity index (χ1v) is 3.72. The maximum atomic E-state index is 9.56. The van der Waals surface area contributed by atoms with Crippen molar-refractivity contribution in [3.8, 4) is 0 Å². The van der Waals surface area contributed by atoms with Gasteiger partial charge in [0.2, 0.25) is 0 Å². The first kappa shape index (κ1) is 11.0. The second-order valence-corrected chi connectivity index (χ2v) is 2.57. The summed E-state index contributed by atoms with van der Waals surface area (Å²) in [6.45, 7) is 0. The zero-order chi connectivity index (χ0) is 7.15. The lowest BCUT2D eigenvalue weighted by atomic mass is 10.3. The molecule has 0 heterocycles. The summed E-state index contributed by atoms with van der Waals surface area (Å²) in [7, 11) is -2.78. The van der Waals surface area contributed by atoms with Crippen molar-refractivity contribution in [3.05, 3.63) is 0 Å². The third kappa shape index (κ3) is 17600. The minimum Gasteiger partial charge on any atom is -0.402 e. The largest absolute Gasteiger partial charge is 0.631 e. The zero-order valence-corrected chi connectivity index (χ0v) is 5.55. The predicted molar refractivity (Wildman–Crippen MR) is 32.4 cm³/mol. The summed E-state index contributed by atoms with van der Waals surface area (Å²) in [5.41, 5.74) is 0. The van der Waals surface area contributed by atoms with E-state index in [9.17, 15) is 4.21 Å². The Balaban J connectivity index is 0. The Hall–Kier alpha value is 0.0949. The molecule has 0 aromatic heterocycles. The summed E-state index contributed by atoms with van der Waals surface area (Å²) in [4.78, 5) is 0. The average Bonchev–Trinajstić information content (AvgIpc) is 1.25. The Morgan fingerprint density at radius 2 is 1.25 bits per heavy atom. The van der Waals surface area contributed by atoms with E-state index in [1.807, 2.05) is 0 Å². The highest BCUT2D eigenvalue weighted by atomic mass is 32.2. The monoisotopic (exact) mass is 140 g/mol. The molecule has 6 heteroatoms. The second-order valence-electron chi connectivity index (χ2n) is 1.09. The quantitative estimate of drug-likeness (QED) is 0.338. The van der Waals surface area contributed by atoms with Gasteiger partial charge in [0.15, 0.2) is 0 Å². The molecule has 0 bridgehead atoms. The van der Waals surface area contributed by atoms with Crippen molar-refractivity contribution in [1.29, 1.82) is 0 Å². The molecule has 0 unspecified atom stereocenters. The smallest absolute Gasteiger partial charge is 0.402 e. The van der Waals surface area contributed by atoms with Gasteiger partial charge < -0.3 is 15.1 Å². The van der Waals surface area contributed by atoms with Crippen molar-refractivity contribution in [2.45, 2.75) is 0 Å². The highest BCUT2D eigenvalue weighted by Crippen LogP contribution is 1.47. The Morgan fingerprint density at radius 1 is 1.25 bits per heavy atom. The van der Waals surface area contributed by atoms with Crippen LogP contribution in [0.3, 0.4) is 0 Å². The fourth-order valence-corrected chi connectivity index (χ4v) is 0. The van der Waals surface area contributed by atoms with E-state index in [1.165, 1.54) is 0 Å². The lowest BCUT2D eigenvalue weighted by Crippen LogP contribution is -2.07. The maximum Gasteiger partial charge on any atom is 0.631 e. The second kappa shape index (κ2) is 7.09. The molecule has 0 aromatic carbocycles. The Bertz CT molecular complexity index is 58.3. The van der Waals surface area contributed by atoms with Gasteiger partial charge >= 0.3 is 7.32 Å². The Labute approximate surface area is 50.8 Å². The van der Waals surface area contributed by atoms with Crippen LogP contribution in [-0.4, -0.2) is 39.1 Å². The molecular formula is C2H9BO4S. The average molecular weight is 140 g/mol. The van der Waals surface area contributed by atoms with E-state index in [-0.39, 0.29) is 0 Å². The van der Waals surface area contributed by atoms with E-state index in [2.05, 4.69) is 0 Å². The number of hydrogen-bond donors (Lipinski definition) is 3. The van der Waals surface area contributed by atoms with Crippen LogP contribution in [0.2, 0.25) is 0 Å². The van der Waals surface area contributed by atoms with Gasteiger partial charge in [-0.2, -0.15) is 0 Å². The maximum absolute atomic E-state index is 9.56. The fraction of sp³-hybridized carbons (Fsp3) is 1.00. The molecule has 4 nitrogen and oxygen atoms in total. The van der Waals surface area contributed by atoms with Crippen LogP contribution >= 0.6 is 0 Å². The van der Waals surface area contributed by atoms with Crippen molar-refractivity contribution in [2.24, 2.45) is 0 Å². The van der Waals surface area contributed by atoms with Gasteiger partial charge in [0.05, 0.1) is 0 Å². The topological polar surface area (TPSA) is 77.8 Å². The molecule has 0 aliphatic carbocycles. The highest BCUT2D eigenvalue weighted by Gasteiger charge is 1.92. The minimum atomic E-state index is -2.17. The summed E-state index contributed by atoms with van der Waals surface area (Å²) in [6.07, 6.45) is 3.28. The van der Waals surface area contributed by atoms with Crippen LogP contribution in [0.1, 0.15) is 0 Å². The Morgan fingerprint density at radius 3 is 1.25 bits per heavy atom. The van der Waals surface area contributed by atoms with Gasteiger partial charge in [-0.25, -0.2) is 0 Å². The standard InChI is InChI=1S/C2H6OS.BH3O3/c1-4(2)3;2-1(3)4/h1-2H3;2-4H. The summed E-state index contributed by atoms with van der Waals surface area (Å²) < 4.78 is 9.56. The molecule has 0 spiro atoms. The molecule has 0 amide bonds. The Kier molecular flexibility index (Phi) is 9.73. The highest BCUT2D eigenvalue weighted by molar-refractivity contribution is 7.83. The summed E-state index contributed by atoms with van der Waals surface area (Å²) in [6, 6.07) is 0. The summed E-state index contributed by atoms with van der Waals surface area (Å²) in [5.74, 6) is 0. The van der Waals surface area contributed by atoms with Gasteiger partial charge in [0.25, 0.3) is 0 Å². The number of hydrogen-bond acceptors (Lipinski definition) is 4. The molecular weight excluding hydrogens is 131 g/mol. The zero-order valence-electron chi connectivity index (χ0n) is 4.74. The molecule has 0 rings (SSSR count). The van der Waals surface area contributed by atoms with Crippen LogP contribution < -0.4 is 0 Å². The molecule has 0 saturated carbocycles. The first-order valence-electron chi connectivity index (χ1n) is 1.76. The fourth-order valence-electron chi connectivity index (χ4n) is 0. The normalized spacial score (nSPS) is 7.75. The summed E-state index contributed by atoms with van der Waals surface area (Å²) in [5, 5.41) is 21.5. The van der Waals surface area contributed by atoms with E-state index in [1.54, 1.807) is 12.5 Å². The van der Waals surface area contributed by atoms with Crippen molar-refractivity contribution in [3.63, 3.8) is 0 Å². The minimum absolute atomic E-state index is 0.611. The van der Waals surface area contributed by atoms with Crippen LogP contribution in [0.4, 0.5) is 0 Å². The number of rotatable bonds is 0. The molecule has 0 aromatic rings. The van der Waals surface area contributed by atoms with Crippen LogP contribution in [0.15, 0.2) is 0 Å². The molecule has 3 N–H and O–H groups in total. The van der Waals surface area contributed by atoms with E-state index >= 15 is 0 Å². The lowest BCUT2D eigenvalue weighted by Gasteiger charge is -1.69. The van der Waals surface area contributed by atoms with Crippen LogP contribution in [-0.2, 0) is 10.8 Å². The van der Waals surface area contributed by atoms with Crippen molar-refractivity contribution >= 4 is 18.1 Å². The van der Waals surface area contributed by atoms with Gasteiger partial charge in [-0.15, -0.1) is 0 Å². The molecule has 0 radical (unpaired) electrons. The SMILES string of the molecule is CS(C)=O.OB(O)O. The van der Waals surface area contributed by atoms with Gasteiger partial charge in [-0.05, 0) is 0 Å². The van der Waals surface area contributed by atoms with E-state index in [0.717, 1.165) is 0 Å². The predicted octanol–water partition coefficient (Wildman–Crippen LogP) is -2.06. The van der Waals surface area contributed by atoms with Crippen molar-refractivity contribution in [1.82, 2.24) is 0 Å². The van der Waals surface area contributed by atoms with Crippen molar-refractivity contribution in [2.75, 3.05) is 12.5 Å². The molecule has 8 heavy (non-hydrogen) atoms. The van der Waals surface area contributed by atoms with E-state index in [0.29, 0.717) is 0 Å². The molecule has 0 saturated heterocycles. The van der Waals surface area contributed by atoms with Crippen LogP contribution in [0, 0.1) is 0 Å². The lowest BCUT2D eigenvalue weighted by molar-refractivity contribution is 0.278.